The van der Waals surface area contributed by atoms with Crippen molar-refractivity contribution < 1.29 is 9.18 Å². The monoisotopic (exact) mass is 472 g/mol. The van der Waals surface area contributed by atoms with Crippen LogP contribution in [0.1, 0.15) is 46.2 Å². The highest BCUT2D eigenvalue weighted by atomic mass is 32.1. The number of halogens is 1. The maximum Gasteiger partial charge on any atom is 0.274 e. The zero-order valence-corrected chi connectivity index (χ0v) is 19.0. The quantitative estimate of drug-likeness (QED) is 0.400. The number of aromatic nitrogens is 3. The molecule has 1 atom stereocenters. The molecule has 0 unspecified atom stereocenters. The first-order chi connectivity index (χ1) is 16.6. The summed E-state index contributed by atoms with van der Waals surface area (Å²) in [4.78, 5) is 23.7. The van der Waals surface area contributed by atoms with Crippen LogP contribution in [-0.2, 0) is 6.54 Å². The lowest BCUT2D eigenvalue weighted by Gasteiger charge is -2.25. The summed E-state index contributed by atoms with van der Waals surface area (Å²) >= 11 is 1.38. The Balaban J connectivity index is 1.34. The number of amides is 1. The van der Waals surface area contributed by atoms with Crippen LogP contribution >= 0.6 is 11.3 Å². The number of nitrogens with one attached hydrogen (secondary N) is 1. The fraction of sp³-hybridized carbons (Fsp3) is 0.200. The Morgan fingerprint density at radius 1 is 1.26 bits per heavy atom. The Kier molecular flexibility index (Phi) is 6.06. The van der Waals surface area contributed by atoms with Crippen LogP contribution < -0.4 is 10.2 Å². The molecule has 4 aromatic rings. The van der Waals surface area contributed by atoms with Crippen molar-refractivity contribution >= 4 is 28.1 Å². The highest BCUT2D eigenvalue weighted by molar-refractivity contribution is 7.14. The van der Waals surface area contributed by atoms with Crippen LogP contribution in [0.15, 0.2) is 66.3 Å². The summed E-state index contributed by atoms with van der Waals surface area (Å²) < 4.78 is 15.1. The highest BCUT2D eigenvalue weighted by Gasteiger charge is 2.28. The van der Waals surface area contributed by atoms with Crippen molar-refractivity contribution in [3.8, 4) is 6.07 Å². The summed E-state index contributed by atoms with van der Waals surface area (Å²) in [5.74, 6) is -0.966. The van der Waals surface area contributed by atoms with Crippen LogP contribution in [0, 0.1) is 17.3 Å². The van der Waals surface area contributed by atoms with E-state index < -0.39 is 5.95 Å². The first kappa shape index (κ1) is 21.8. The van der Waals surface area contributed by atoms with Crippen molar-refractivity contribution in [3.05, 3.63) is 94.8 Å². The van der Waals surface area contributed by atoms with E-state index in [1.165, 1.54) is 29.7 Å². The van der Waals surface area contributed by atoms with E-state index >= 15 is 0 Å². The topological polar surface area (TPSA) is 86.8 Å². The minimum Gasteiger partial charge on any atom is -0.363 e. The summed E-state index contributed by atoms with van der Waals surface area (Å²) in [6.07, 6.45) is 5.04. The SMILES string of the molecule is N#Cc1cc(C(=O)Nc2nc([C@H]3CCCN3c3ccccc3)cs2)n(Cc2ccnc(F)c2)c1. The van der Waals surface area contributed by atoms with Gasteiger partial charge in [0.15, 0.2) is 5.13 Å². The zero-order chi connectivity index (χ0) is 23.5. The van der Waals surface area contributed by atoms with Gasteiger partial charge in [0.2, 0.25) is 5.95 Å². The average Bonchev–Trinajstić information content (AvgIpc) is 3.59. The minimum absolute atomic E-state index is 0.167. The smallest absolute Gasteiger partial charge is 0.274 e. The molecule has 1 amide bonds. The third kappa shape index (κ3) is 4.54. The average molecular weight is 473 g/mol. The molecular weight excluding hydrogens is 451 g/mol. The predicted octanol–water partition coefficient (Wildman–Crippen LogP) is 4.99. The van der Waals surface area contributed by atoms with Crippen molar-refractivity contribution in [3.63, 3.8) is 0 Å². The number of carbonyl (C=O) groups excluding carboxylic acids is 1. The number of hydrogen-bond acceptors (Lipinski definition) is 6. The van der Waals surface area contributed by atoms with Gasteiger partial charge in [-0.2, -0.15) is 9.65 Å². The van der Waals surface area contributed by atoms with Crippen molar-refractivity contribution in [2.45, 2.75) is 25.4 Å². The van der Waals surface area contributed by atoms with Crippen molar-refractivity contribution in [2.24, 2.45) is 0 Å². The lowest BCUT2D eigenvalue weighted by atomic mass is 10.1. The van der Waals surface area contributed by atoms with Crippen LogP contribution in [0.25, 0.3) is 0 Å². The van der Waals surface area contributed by atoms with E-state index in [2.05, 4.69) is 33.4 Å². The van der Waals surface area contributed by atoms with Gasteiger partial charge in [-0.3, -0.25) is 10.1 Å². The summed E-state index contributed by atoms with van der Waals surface area (Å²) in [6.45, 7) is 1.20. The minimum atomic E-state index is -0.595. The van der Waals surface area contributed by atoms with Crippen LogP contribution in [0.5, 0.6) is 0 Å². The Morgan fingerprint density at radius 2 is 2.12 bits per heavy atom. The van der Waals surface area contributed by atoms with Gasteiger partial charge in [0.1, 0.15) is 11.8 Å². The van der Waals surface area contributed by atoms with Gasteiger partial charge in [0, 0.05) is 36.6 Å². The lowest BCUT2D eigenvalue weighted by Crippen LogP contribution is -2.22. The predicted molar refractivity (Wildman–Crippen MR) is 128 cm³/mol. The van der Waals surface area contributed by atoms with E-state index in [1.54, 1.807) is 16.8 Å². The Bertz CT molecular complexity index is 1360. The molecule has 7 nitrogen and oxygen atoms in total. The molecule has 3 aromatic heterocycles. The number of carbonyl (C=O) groups is 1. The molecular formula is C25H21FN6OS. The van der Waals surface area contributed by atoms with Crippen LogP contribution in [0.3, 0.4) is 0 Å². The second kappa shape index (κ2) is 9.45. The molecule has 9 heteroatoms. The molecule has 0 radical (unpaired) electrons. The molecule has 0 saturated carbocycles. The third-order valence-corrected chi connectivity index (χ3v) is 6.60. The van der Waals surface area contributed by atoms with Crippen LogP contribution in [0.2, 0.25) is 0 Å². The number of pyridine rings is 1. The molecule has 34 heavy (non-hydrogen) atoms. The molecule has 1 aliphatic rings. The number of rotatable bonds is 6. The van der Waals surface area contributed by atoms with E-state index in [-0.39, 0.29) is 18.5 Å². The summed E-state index contributed by atoms with van der Waals surface area (Å²) in [5.41, 5.74) is 3.39. The molecule has 5 rings (SSSR count). The van der Waals surface area contributed by atoms with Gasteiger partial charge in [0.05, 0.1) is 17.3 Å². The van der Waals surface area contributed by atoms with Crippen molar-refractivity contribution in [1.82, 2.24) is 14.5 Å². The van der Waals surface area contributed by atoms with Crippen LogP contribution in [-0.4, -0.2) is 27.0 Å². The number of thiazole rings is 1. The molecule has 1 saturated heterocycles. The standard InChI is InChI=1S/C25H21FN6OS/c26-23-12-17(8-9-28-23)14-31-15-18(13-27)11-22(31)24(33)30-25-29-20(16-34-25)21-7-4-10-32(21)19-5-2-1-3-6-19/h1-3,5-6,8-9,11-12,15-16,21H,4,7,10,14H2,(H,29,30,33)/t21-/m1/s1. The first-order valence-electron chi connectivity index (χ1n) is 10.9. The fourth-order valence-electron chi connectivity index (χ4n) is 4.29. The van der Waals surface area contributed by atoms with Gasteiger partial charge in [-0.15, -0.1) is 11.3 Å². The lowest BCUT2D eigenvalue weighted by molar-refractivity contribution is 0.101. The fourth-order valence-corrected chi connectivity index (χ4v) is 5.04. The number of nitriles is 1. The van der Waals surface area contributed by atoms with E-state index in [1.807, 2.05) is 23.6 Å². The van der Waals surface area contributed by atoms with Gasteiger partial charge in [-0.1, -0.05) is 18.2 Å². The van der Waals surface area contributed by atoms with Gasteiger partial charge in [0.25, 0.3) is 5.91 Å². The van der Waals surface area contributed by atoms with E-state index in [0.717, 1.165) is 30.8 Å². The Labute approximate surface area is 200 Å². The molecule has 1 aromatic carbocycles. The molecule has 1 aliphatic heterocycles. The van der Waals surface area contributed by atoms with E-state index in [0.29, 0.717) is 22.0 Å². The summed E-state index contributed by atoms with van der Waals surface area (Å²) in [7, 11) is 0. The second-order valence-corrected chi connectivity index (χ2v) is 8.92. The molecule has 1 fully saturated rings. The number of anilines is 2. The number of nitrogens with zero attached hydrogens (tertiary/aromatic N) is 5. The van der Waals surface area contributed by atoms with Gasteiger partial charge in [-0.25, -0.2) is 9.97 Å². The van der Waals surface area contributed by atoms with Gasteiger partial charge >= 0.3 is 0 Å². The molecule has 170 valence electrons. The highest BCUT2D eigenvalue weighted by Crippen LogP contribution is 2.37. The number of para-hydroxylation sites is 1. The number of hydrogen-bond donors (Lipinski definition) is 1. The maximum atomic E-state index is 13.5. The van der Waals surface area contributed by atoms with Gasteiger partial charge < -0.3 is 9.47 Å². The molecule has 0 bridgehead atoms. The zero-order valence-electron chi connectivity index (χ0n) is 18.2. The second-order valence-electron chi connectivity index (χ2n) is 8.06. The molecule has 4 heterocycles. The normalized spacial score (nSPS) is 15.3. The Morgan fingerprint density at radius 3 is 2.91 bits per heavy atom. The van der Waals surface area contributed by atoms with E-state index in [4.69, 9.17) is 4.98 Å². The van der Waals surface area contributed by atoms with Crippen LogP contribution in [0.4, 0.5) is 15.2 Å². The molecule has 0 spiro atoms. The summed E-state index contributed by atoms with van der Waals surface area (Å²) in [6, 6.07) is 17.0. The largest absolute Gasteiger partial charge is 0.363 e. The Hall–Kier alpha value is -4.03. The van der Waals surface area contributed by atoms with Crippen molar-refractivity contribution in [2.75, 3.05) is 16.8 Å². The number of benzene rings is 1. The first-order valence-corrected chi connectivity index (χ1v) is 11.8. The van der Waals surface area contributed by atoms with Gasteiger partial charge in [-0.05, 0) is 48.7 Å². The third-order valence-electron chi connectivity index (χ3n) is 5.83. The molecule has 1 N–H and O–H groups in total. The molecule has 0 aliphatic carbocycles. The van der Waals surface area contributed by atoms with Crippen molar-refractivity contribution in [1.29, 1.82) is 5.26 Å². The van der Waals surface area contributed by atoms with E-state index in [9.17, 15) is 14.4 Å². The summed E-state index contributed by atoms with van der Waals surface area (Å²) in [5, 5.41) is 14.7. The maximum absolute atomic E-state index is 13.5.